The van der Waals surface area contributed by atoms with Gasteiger partial charge in [-0.3, -0.25) is 14.2 Å². The fourth-order valence-electron chi connectivity index (χ4n) is 2.47. The quantitative estimate of drug-likeness (QED) is 0.640. The normalized spacial score (nSPS) is 10.9. The van der Waals surface area contributed by atoms with Crippen LogP contribution < -0.4 is 10.9 Å². The average molecular weight is 341 g/mol. The molecule has 130 valence electrons. The molecule has 0 radical (unpaired) electrons. The fraction of sp³-hybridized carbons (Fsp3) is 0.294. The van der Waals surface area contributed by atoms with Gasteiger partial charge in [0.25, 0.3) is 5.56 Å². The number of methoxy groups -OCH3 is 1. The van der Waals surface area contributed by atoms with Gasteiger partial charge in [0.15, 0.2) is 5.65 Å². The largest absolute Gasteiger partial charge is 0.383 e. The average Bonchev–Trinajstić information content (AvgIpc) is 3.07. The van der Waals surface area contributed by atoms with Crippen LogP contribution in [0.25, 0.3) is 16.7 Å². The van der Waals surface area contributed by atoms with Gasteiger partial charge in [-0.15, -0.1) is 0 Å². The summed E-state index contributed by atoms with van der Waals surface area (Å²) in [6.07, 6.45) is 3.16. The van der Waals surface area contributed by atoms with Crippen molar-refractivity contribution in [2.45, 2.75) is 13.0 Å². The number of nitrogens with one attached hydrogen (secondary N) is 1. The molecule has 0 aliphatic heterocycles. The highest BCUT2D eigenvalue weighted by Gasteiger charge is 2.12. The van der Waals surface area contributed by atoms with Gasteiger partial charge in [-0.05, 0) is 12.1 Å². The number of para-hydroxylation sites is 1. The summed E-state index contributed by atoms with van der Waals surface area (Å²) in [6.45, 7) is 1.17. The molecule has 8 nitrogen and oxygen atoms in total. The smallest absolute Gasteiger partial charge is 0.264 e. The fourth-order valence-corrected chi connectivity index (χ4v) is 2.47. The summed E-state index contributed by atoms with van der Waals surface area (Å²) in [4.78, 5) is 28.6. The predicted molar refractivity (Wildman–Crippen MR) is 92.6 cm³/mol. The second-order valence-electron chi connectivity index (χ2n) is 5.47. The van der Waals surface area contributed by atoms with Crippen LogP contribution in [-0.4, -0.2) is 45.5 Å². The third-order valence-electron chi connectivity index (χ3n) is 3.76. The summed E-state index contributed by atoms with van der Waals surface area (Å²) >= 11 is 0. The second-order valence-corrected chi connectivity index (χ2v) is 5.47. The lowest BCUT2D eigenvalue weighted by molar-refractivity contribution is -0.121. The number of nitrogens with zero attached hydrogens (tertiary/aromatic N) is 4. The molecule has 0 saturated heterocycles. The van der Waals surface area contributed by atoms with Crippen molar-refractivity contribution in [3.63, 3.8) is 0 Å². The van der Waals surface area contributed by atoms with Crippen molar-refractivity contribution in [2.75, 3.05) is 20.3 Å². The van der Waals surface area contributed by atoms with Gasteiger partial charge >= 0.3 is 0 Å². The van der Waals surface area contributed by atoms with Crippen LogP contribution in [0, 0.1) is 0 Å². The minimum Gasteiger partial charge on any atom is -0.383 e. The van der Waals surface area contributed by atoms with Gasteiger partial charge in [0, 0.05) is 26.6 Å². The van der Waals surface area contributed by atoms with E-state index in [1.807, 2.05) is 30.3 Å². The number of ether oxygens (including phenoxy) is 1. The van der Waals surface area contributed by atoms with Crippen molar-refractivity contribution in [2.24, 2.45) is 0 Å². The molecule has 25 heavy (non-hydrogen) atoms. The van der Waals surface area contributed by atoms with E-state index in [9.17, 15) is 9.59 Å². The number of hydrogen-bond acceptors (Lipinski definition) is 5. The van der Waals surface area contributed by atoms with E-state index in [0.29, 0.717) is 24.2 Å². The number of aryl methyl sites for hydroxylation is 1. The van der Waals surface area contributed by atoms with Crippen molar-refractivity contribution >= 4 is 16.9 Å². The Hall–Kier alpha value is -3.00. The molecule has 2 aromatic heterocycles. The number of fused-ring (bicyclic) bond motifs is 1. The zero-order valence-corrected chi connectivity index (χ0v) is 13.9. The van der Waals surface area contributed by atoms with Crippen molar-refractivity contribution in [3.8, 4) is 5.69 Å². The van der Waals surface area contributed by atoms with Gasteiger partial charge in [0.2, 0.25) is 5.91 Å². The van der Waals surface area contributed by atoms with Crippen LogP contribution in [0.2, 0.25) is 0 Å². The number of rotatable bonds is 7. The van der Waals surface area contributed by atoms with E-state index < -0.39 is 0 Å². The topological polar surface area (TPSA) is 91.0 Å². The Morgan fingerprint density at radius 2 is 2.08 bits per heavy atom. The highest BCUT2D eigenvalue weighted by atomic mass is 16.5. The molecule has 8 heteroatoms. The SMILES string of the molecule is COCCNC(=O)CCn1cnc2c(cnn2-c2ccccc2)c1=O. The zero-order valence-electron chi connectivity index (χ0n) is 13.9. The molecule has 0 bridgehead atoms. The Balaban J connectivity index is 1.77. The van der Waals surface area contributed by atoms with Crippen LogP contribution in [0.4, 0.5) is 0 Å². The van der Waals surface area contributed by atoms with Crippen LogP contribution in [0.1, 0.15) is 6.42 Å². The van der Waals surface area contributed by atoms with E-state index in [0.717, 1.165) is 5.69 Å². The second kappa shape index (κ2) is 7.71. The third-order valence-corrected chi connectivity index (χ3v) is 3.76. The standard InChI is InChI=1S/C17H19N5O3/c1-25-10-8-18-15(23)7-9-21-12-19-16-14(17(21)24)11-20-22(16)13-5-3-2-4-6-13/h2-6,11-12H,7-10H2,1H3,(H,18,23). The number of carbonyl (C=O) groups excluding carboxylic acids is 1. The molecular formula is C17H19N5O3. The first-order valence-electron chi connectivity index (χ1n) is 7.95. The number of aromatic nitrogens is 4. The molecule has 1 N–H and O–H groups in total. The lowest BCUT2D eigenvalue weighted by Crippen LogP contribution is -2.29. The molecule has 0 aliphatic rings. The van der Waals surface area contributed by atoms with E-state index in [4.69, 9.17) is 4.74 Å². The van der Waals surface area contributed by atoms with Crippen LogP contribution in [0.15, 0.2) is 47.7 Å². The first-order valence-corrected chi connectivity index (χ1v) is 7.95. The lowest BCUT2D eigenvalue weighted by atomic mass is 10.3. The summed E-state index contributed by atoms with van der Waals surface area (Å²) in [5, 5.41) is 7.40. The Kier molecular flexibility index (Phi) is 5.20. The maximum Gasteiger partial charge on any atom is 0.264 e. The monoisotopic (exact) mass is 341 g/mol. The first-order chi connectivity index (χ1) is 12.2. The lowest BCUT2D eigenvalue weighted by Gasteiger charge is -2.07. The van der Waals surface area contributed by atoms with Gasteiger partial charge in [0.1, 0.15) is 5.39 Å². The van der Waals surface area contributed by atoms with Gasteiger partial charge in [-0.1, -0.05) is 18.2 Å². The summed E-state index contributed by atoms with van der Waals surface area (Å²) < 4.78 is 7.92. The van der Waals surface area contributed by atoms with Gasteiger partial charge in [0.05, 0.1) is 24.8 Å². The minimum atomic E-state index is -0.211. The molecule has 0 spiro atoms. The molecule has 3 aromatic rings. The third kappa shape index (κ3) is 3.74. The maximum atomic E-state index is 12.6. The molecule has 0 aliphatic carbocycles. The molecular weight excluding hydrogens is 322 g/mol. The summed E-state index contributed by atoms with van der Waals surface area (Å²) in [6, 6.07) is 9.49. The Morgan fingerprint density at radius 1 is 1.28 bits per heavy atom. The first kappa shape index (κ1) is 16.8. The van der Waals surface area contributed by atoms with Gasteiger partial charge in [-0.25, -0.2) is 9.67 Å². The van der Waals surface area contributed by atoms with Crippen molar-refractivity contribution in [3.05, 3.63) is 53.2 Å². The van der Waals surface area contributed by atoms with E-state index in [1.165, 1.54) is 17.1 Å². The van der Waals surface area contributed by atoms with E-state index in [1.54, 1.807) is 11.8 Å². The maximum absolute atomic E-state index is 12.6. The molecule has 0 fully saturated rings. The number of carbonyl (C=O) groups is 1. The number of hydrogen-bond donors (Lipinski definition) is 1. The molecule has 2 heterocycles. The highest BCUT2D eigenvalue weighted by Crippen LogP contribution is 2.12. The van der Waals surface area contributed by atoms with Crippen molar-refractivity contribution in [1.82, 2.24) is 24.6 Å². The van der Waals surface area contributed by atoms with E-state index >= 15 is 0 Å². The van der Waals surface area contributed by atoms with Gasteiger partial charge in [-0.2, -0.15) is 5.10 Å². The van der Waals surface area contributed by atoms with Crippen molar-refractivity contribution in [1.29, 1.82) is 0 Å². The van der Waals surface area contributed by atoms with Crippen LogP contribution >= 0.6 is 0 Å². The molecule has 1 aromatic carbocycles. The minimum absolute atomic E-state index is 0.135. The molecule has 3 rings (SSSR count). The van der Waals surface area contributed by atoms with Crippen LogP contribution in [0.5, 0.6) is 0 Å². The summed E-state index contributed by atoms with van der Waals surface area (Å²) in [5.41, 5.74) is 1.12. The molecule has 0 unspecified atom stereocenters. The Bertz CT molecular complexity index is 917. The molecule has 0 saturated carbocycles. The van der Waals surface area contributed by atoms with E-state index in [2.05, 4.69) is 15.4 Å². The van der Waals surface area contributed by atoms with E-state index in [-0.39, 0.29) is 24.4 Å². The molecule has 1 amide bonds. The Labute approximate surface area is 144 Å². The number of amides is 1. The van der Waals surface area contributed by atoms with Crippen LogP contribution in [0.3, 0.4) is 0 Å². The summed E-state index contributed by atoms with van der Waals surface area (Å²) in [5.74, 6) is -0.135. The van der Waals surface area contributed by atoms with Gasteiger partial charge < -0.3 is 10.1 Å². The van der Waals surface area contributed by atoms with Crippen molar-refractivity contribution < 1.29 is 9.53 Å². The van der Waals surface area contributed by atoms with Crippen LogP contribution in [-0.2, 0) is 16.1 Å². The predicted octanol–water partition coefficient (Wildman–Crippen LogP) is 0.735. The summed E-state index contributed by atoms with van der Waals surface area (Å²) in [7, 11) is 1.57. The Morgan fingerprint density at radius 3 is 2.84 bits per heavy atom. The number of benzene rings is 1. The molecule has 0 atom stereocenters. The highest BCUT2D eigenvalue weighted by molar-refractivity contribution is 5.76. The zero-order chi connectivity index (χ0) is 17.6.